The minimum absolute atomic E-state index is 0.199. The average Bonchev–Trinajstić information content (AvgIpc) is 2.47. The fourth-order valence-corrected chi connectivity index (χ4v) is 1.86. The van der Waals surface area contributed by atoms with Crippen LogP contribution in [0.15, 0.2) is 0 Å². The van der Waals surface area contributed by atoms with Crippen LogP contribution in [0.3, 0.4) is 0 Å². The summed E-state index contributed by atoms with van der Waals surface area (Å²) >= 11 is 0. The third-order valence-electron chi connectivity index (χ3n) is 2.64. The molecule has 12 heavy (non-hydrogen) atoms. The van der Waals surface area contributed by atoms with E-state index in [4.69, 9.17) is 5.73 Å². The van der Waals surface area contributed by atoms with E-state index in [1.54, 1.807) is 0 Å². The van der Waals surface area contributed by atoms with Gasteiger partial charge in [-0.1, -0.05) is 13.3 Å². The van der Waals surface area contributed by atoms with Crippen LogP contribution in [0.25, 0.3) is 0 Å². The summed E-state index contributed by atoms with van der Waals surface area (Å²) in [4.78, 5) is 11.4. The Morgan fingerprint density at radius 3 is 2.83 bits per heavy atom. The highest BCUT2D eigenvalue weighted by Gasteiger charge is 2.28. The summed E-state index contributed by atoms with van der Waals surface area (Å²) < 4.78 is 0. The number of nitrogens with one attached hydrogen (secondary N) is 1. The fraction of sp³-hybridized carbons (Fsp3) is 0.889. The second kappa shape index (κ2) is 4.45. The quantitative estimate of drug-likeness (QED) is 0.648. The fourth-order valence-electron chi connectivity index (χ4n) is 1.86. The van der Waals surface area contributed by atoms with Gasteiger partial charge in [0, 0.05) is 19.0 Å². The van der Waals surface area contributed by atoms with Crippen molar-refractivity contribution in [2.75, 3.05) is 13.1 Å². The number of hydrogen-bond donors (Lipinski definition) is 2. The van der Waals surface area contributed by atoms with Gasteiger partial charge in [0.1, 0.15) is 0 Å². The van der Waals surface area contributed by atoms with Crippen molar-refractivity contribution in [2.24, 2.45) is 17.6 Å². The molecule has 70 valence electrons. The summed E-state index contributed by atoms with van der Waals surface area (Å²) in [6.07, 6.45) is 3.44. The zero-order valence-electron chi connectivity index (χ0n) is 7.68. The van der Waals surface area contributed by atoms with E-state index in [0.717, 1.165) is 6.42 Å². The summed E-state index contributed by atoms with van der Waals surface area (Å²) in [7, 11) is 0. The molecule has 0 spiro atoms. The molecule has 0 heterocycles. The molecule has 0 bridgehead atoms. The van der Waals surface area contributed by atoms with Crippen molar-refractivity contribution >= 4 is 5.91 Å². The summed E-state index contributed by atoms with van der Waals surface area (Å²) in [5.41, 5.74) is 5.30. The first kappa shape index (κ1) is 9.52. The maximum Gasteiger partial charge on any atom is 0.223 e. The van der Waals surface area contributed by atoms with E-state index in [2.05, 4.69) is 12.2 Å². The standard InChI is InChI=1S/C9H18N2O/c1-7-3-2-4-8(7)9(12)11-6-5-10/h7-8H,2-6,10H2,1H3,(H,11,12). The minimum Gasteiger partial charge on any atom is -0.355 e. The molecule has 1 saturated carbocycles. The Balaban J connectivity index is 2.30. The Hall–Kier alpha value is -0.570. The molecule has 3 heteroatoms. The van der Waals surface area contributed by atoms with Crippen LogP contribution in [0.2, 0.25) is 0 Å². The smallest absolute Gasteiger partial charge is 0.223 e. The topological polar surface area (TPSA) is 55.1 Å². The number of carbonyl (C=O) groups is 1. The van der Waals surface area contributed by atoms with Gasteiger partial charge in [-0.2, -0.15) is 0 Å². The number of hydrogen-bond acceptors (Lipinski definition) is 2. The average molecular weight is 170 g/mol. The van der Waals surface area contributed by atoms with Gasteiger partial charge in [0.15, 0.2) is 0 Å². The molecule has 1 fully saturated rings. The molecule has 2 unspecified atom stereocenters. The van der Waals surface area contributed by atoms with Gasteiger partial charge in [0.05, 0.1) is 0 Å². The molecule has 1 aliphatic rings. The normalized spacial score (nSPS) is 28.8. The molecule has 0 aromatic rings. The zero-order chi connectivity index (χ0) is 8.97. The first-order chi connectivity index (χ1) is 5.75. The number of amides is 1. The lowest BCUT2D eigenvalue weighted by molar-refractivity contribution is -0.125. The van der Waals surface area contributed by atoms with Gasteiger partial charge in [-0.05, 0) is 18.8 Å². The third kappa shape index (κ3) is 2.21. The van der Waals surface area contributed by atoms with Crippen LogP contribution >= 0.6 is 0 Å². The Kier molecular flexibility index (Phi) is 3.53. The maximum atomic E-state index is 11.4. The molecule has 0 saturated heterocycles. The molecule has 3 nitrogen and oxygen atoms in total. The predicted octanol–water partition coefficient (Wildman–Crippen LogP) is 0.497. The van der Waals surface area contributed by atoms with Crippen LogP contribution in [0.4, 0.5) is 0 Å². The number of carbonyl (C=O) groups excluding carboxylic acids is 1. The van der Waals surface area contributed by atoms with Gasteiger partial charge in [-0.25, -0.2) is 0 Å². The highest BCUT2D eigenvalue weighted by Crippen LogP contribution is 2.30. The van der Waals surface area contributed by atoms with Crippen molar-refractivity contribution in [2.45, 2.75) is 26.2 Å². The zero-order valence-corrected chi connectivity index (χ0v) is 7.68. The van der Waals surface area contributed by atoms with Crippen molar-refractivity contribution in [3.63, 3.8) is 0 Å². The van der Waals surface area contributed by atoms with Crippen LogP contribution < -0.4 is 11.1 Å². The van der Waals surface area contributed by atoms with Crippen molar-refractivity contribution in [3.05, 3.63) is 0 Å². The first-order valence-corrected chi connectivity index (χ1v) is 4.73. The molecule has 0 aromatic heterocycles. The van der Waals surface area contributed by atoms with Gasteiger partial charge >= 0.3 is 0 Å². The maximum absolute atomic E-state index is 11.4. The molecule has 0 aromatic carbocycles. The molecule has 1 aliphatic carbocycles. The molecular formula is C9H18N2O. The Bertz CT molecular complexity index is 159. The summed E-state index contributed by atoms with van der Waals surface area (Å²) in [5.74, 6) is 1.00. The van der Waals surface area contributed by atoms with E-state index >= 15 is 0 Å². The van der Waals surface area contributed by atoms with E-state index in [-0.39, 0.29) is 11.8 Å². The minimum atomic E-state index is 0.199. The largest absolute Gasteiger partial charge is 0.355 e. The molecule has 0 aliphatic heterocycles. The Morgan fingerprint density at radius 2 is 2.33 bits per heavy atom. The second-order valence-corrected chi connectivity index (χ2v) is 3.59. The van der Waals surface area contributed by atoms with Crippen LogP contribution in [0.5, 0.6) is 0 Å². The summed E-state index contributed by atoms with van der Waals surface area (Å²) in [6.45, 7) is 3.30. The predicted molar refractivity (Wildman–Crippen MR) is 48.6 cm³/mol. The Labute approximate surface area is 73.7 Å². The Morgan fingerprint density at radius 1 is 1.58 bits per heavy atom. The SMILES string of the molecule is CC1CCCC1C(=O)NCCN. The van der Waals surface area contributed by atoms with E-state index in [0.29, 0.717) is 19.0 Å². The monoisotopic (exact) mass is 170 g/mol. The highest BCUT2D eigenvalue weighted by molar-refractivity contribution is 5.79. The van der Waals surface area contributed by atoms with E-state index in [1.807, 2.05) is 0 Å². The van der Waals surface area contributed by atoms with Gasteiger partial charge in [-0.15, -0.1) is 0 Å². The van der Waals surface area contributed by atoms with Gasteiger partial charge in [-0.3, -0.25) is 4.79 Å². The molecule has 3 N–H and O–H groups in total. The van der Waals surface area contributed by atoms with Gasteiger partial charge in [0.2, 0.25) is 5.91 Å². The lowest BCUT2D eigenvalue weighted by Crippen LogP contribution is -2.35. The second-order valence-electron chi connectivity index (χ2n) is 3.59. The van der Waals surface area contributed by atoms with Crippen molar-refractivity contribution in [3.8, 4) is 0 Å². The molecule has 2 atom stereocenters. The molecular weight excluding hydrogens is 152 g/mol. The molecule has 0 radical (unpaired) electrons. The molecule has 1 amide bonds. The van der Waals surface area contributed by atoms with Crippen molar-refractivity contribution < 1.29 is 4.79 Å². The van der Waals surface area contributed by atoms with Gasteiger partial charge in [0.25, 0.3) is 0 Å². The van der Waals surface area contributed by atoms with Gasteiger partial charge < -0.3 is 11.1 Å². The summed E-state index contributed by atoms with van der Waals surface area (Å²) in [6, 6.07) is 0. The lowest BCUT2D eigenvalue weighted by atomic mass is 9.97. The molecule has 1 rings (SSSR count). The van der Waals surface area contributed by atoms with Crippen LogP contribution in [0.1, 0.15) is 26.2 Å². The van der Waals surface area contributed by atoms with E-state index < -0.39 is 0 Å². The van der Waals surface area contributed by atoms with E-state index in [1.165, 1.54) is 12.8 Å². The van der Waals surface area contributed by atoms with Crippen LogP contribution in [0, 0.1) is 11.8 Å². The van der Waals surface area contributed by atoms with Crippen LogP contribution in [-0.4, -0.2) is 19.0 Å². The van der Waals surface area contributed by atoms with E-state index in [9.17, 15) is 4.79 Å². The van der Waals surface area contributed by atoms with Crippen molar-refractivity contribution in [1.29, 1.82) is 0 Å². The van der Waals surface area contributed by atoms with Crippen molar-refractivity contribution in [1.82, 2.24) is 5.32 Å². The lowest BCUT2D eigenvalue weighted by Gasteiger charge is -2.14. The first-order valence-electron chi connectivity index (χ1n) is 4.73. The number of nitrogens with two attached hydrogens (primary N) is 1. The third-order valence-corrected chi connectivity index (χ3v) is 2.64. The number of rotatable bonds is 3. The summed E-state index contributed by atoms with van der Waals surface area (Å²) in [5, 5.41) is 2.84. The van der Waals surface area contributed by atoms with Crippen LogP contribution in [-0.2, 0) is 4.79 Å². The highest BCUT2D eigenvalue weighted by atomic mass is 16.1.